The smallest absolute Gasteiger partial charge is 0.276 e. The van der Waals surface area contributed by atoms with Gasteiger partial charge in [0.25, 0.3) is 5.22 Å². The SMILES string of the molecule is Cl.NCc1nnc(SCc2ccc(Br)cc2)o1. The standard InChI is InChI=1S/C10H10BrN3OS.ClH/c11-8-3-1-7(2-4-8)6-16-10-14-13-9(5-12)15-10;/h1-4H,5-6,12H2;1H. The second-order valence-corrected chi connectivity index (χ2v) is 4.92. The lowest BCUT2D eigenvalue weighted by Crippen LogP contribution is -1.95. The van der Waals surface area contributed by atoms with Crippen molar-refractivity contribution >= 4 is 40.1 Å². The fourth-order valence-electron chi connectivity index (χ4n) is 1.10. The summed E-state index contributed by atoms with van der Waals surface area (Å²) in [6.45, 7) is 0.284. The summed E-state index contributed by atoms with van der Waals surface area (Å²) >= 11 is 4.90. The Morgan fingerprint density at radius 3 is 2.53 bits per heavy atom. The zero-order valence-corrected chi connectivity index (χ0v) is 12.0. The summed E-state index contributed by atoms with van der Waals surface area (Å²) in [7, 11) is 0. The van der Waals surface area contributed by atoms with Gasteiger partial charge in [-0.15, -0.1) is 22.6 Å². The van der Waals surface area contributed by atoms with E-state index in [4.69, 9.17) is 10.2 Å². The Morgan fingerprint density at radius 1 is 1.24 bits per heavy atom. The van der Waals surface area contributed by atoms with Crippen molar-refractivity contribution < 1.29 is 4.42 Å². The summed E-state index contributed by atoms with van der Waals surface area (Å²) in [5.41, 5.74) is 6.59. The molecule has 92 valence electrons. The normalized spacial score (nSPS) is 10.0. The third-order valence-corrected chi connectivity index (χ3v) is 3.32. The van der Waals surface area contributed by atoms with Crippen molar-refractivity contribution in [2.45, 2.75) is 17.5 Å². The van der Waals surface area contributed by atoms with Crippen LogP contribution in [0.25, 0.3) is 0 Å². The number of nitrogens with two attached hydrogens (primary N) is 1. The molecule has 0 aliphatic rings. The Kier molecular flexibility index (Phi) is 5.97. The van der Waals surface area contributed by atoms with E-state index in [1.165, 1.54) is 17.3 Å². The predicted octanol–water partition coefficient (Wildman–Crippen LogP) is 3.00. The largest absolute Gasteiger partial charge is 0.415 e. The van der Waals surface area contributed by atoms with Crippen LogP contribution in [0.5, 0.6) is 0 Å². The fourth-order valence-corrected chi connectivity index (χ4v) is 2.11. The Balaban J connectivity index is 0.00000144. The zero-order valence-electron chi connectivity index (χ0n) is 8.80. The average molecular weight is 337 g/mol. The maximum absolute atomic E-state index is 5.38. The average Bonchev–Trinajstić information content (AvgIpc) is 2.76. The number of hydrogen-bond donors (Lipinski definition) is 1. The topological polar surface area (TPSA) is 64.9 Å². The number of hydrogen-bond acceptors (Lipinski definition) is 5. The molecule has 0 amide bonds. The molecule has 0 saturated heterocycles. The quantitative estimate of drug-likeness (QED) is 0.870. The van der Waals surface area contributed by atoms with Crippen LogP contribution >= 0.6 is 40.1 Å². The summed E-state index contributed by atoms with van der Waals surface area (Å²) in [4.78, 5) is 0. The van der Waals surface area contributed by atoms with E-state index in [-0.39, 0.29) is 19.0 Å². The van der Waals surface area contributed by atoms with Crippen molar-refractivity contribution in [3.8, 4) is 0 Å². The first-order chi connectivity index (χ1) is 7.78. The minimum Gasteiger partial charge on any atom is -0.415 e. The van der Waals surface area contributed by atoms with Crippen molar-refractivity contribution in [3.63, 3.8) is 0 Å². The maximum Gasteiger partial charge on any atom is 0.276 e. The van der Waals surface area contributed by atoms with Crippen LogP contribution in [0.4, 0.5) is 0 Å². The molecule has 2 aromatic rings. The van der Waals surface area contributed by atoms with Gasteiger partial charge < -0.3 is 10.2 Å². The van der Waals surface area contributed by atoms with Gasteiger partial charge in [0.1, 0.15) is 0 Å². The molecule has 0 unspecified atom stereocenters. The first kappa shape index (κ1) is 14.5. The van der Waals surface area contributed by atoms with Crippen LogP contribution < -0.4 is 5.73 Å². The molecule has 2 N–H and O–H groups in total. The van der Waals surface area contributed by atoms with Crippen LogP contribution in [-0.4, -0.2) is 10.2 Å². The van der Waals surface area contributed by atoms with Gasteiger partial charge in [0.15, 0.2) is 0 Å². The lowest BCUT2D eigenvalue weighted by molar-refractivity contribution is 0.415. The molecule has 0 atom stereocenters. The van der Waals surface area contributed by atoms with Crippen LogP contribution in [0.3, 0.4) is 0 Å². The minimum absolute atomic E-state index is 0. The molecule has 0 aliphatic carbocycles. The second-order valence-electron chi connectivity index (χ2n) is 3.08. The van der Waals surface area contributed by atoms with Crippen LogP contribution in [0.15, 0.2) is 38.4 Å². The molecule has 7 heteroatoms. The zero-order chi connectivity index (χ0) is 11.4. The monoisotopic (exact) mass is 335 g/mol. The molecular weight excluding hydrogens is 326 g/mol. The molecule has 2 rings (SSSR count). The highest BCUT2D eigenvalue weighted by Gasteiger charge is 2.05. The first-order valence-electron chi connectivity index (χ1n) is 4.67. The number of halogens is 2. The second kappa shape index (κ2) is 7.00. The van der Waals surface area contributed by atoms with Gasteiger partial charge >= 0.3 is 0 Å². The lowest BCUT2D eigenvalue weighted by Gasteiger charge is -1.97. The van der Waals surface area contributed by atoms with Crippen molar-refractivity contribution in [2.24, 2.45) is 5.73 Å². The van der Waals surface area contributed by atoms with Gasteiger partial charge in [-0.25, -0.2) is 0 Å². The van der Waals surface area contributed by atoms with E-state index >= 15 is 0 Å². The van der Waals surface area contributed by atoms with Crippen molar-refractivity contribution in [3.05, 3.63) is 40.2 Å². The molecule has 0 aliphatic heterocycles. The minimum atomic E-state index is 0. The highest BCUT2D eigenvalue weighted by Crippen LogP contribution is 2.22. The Hall–Kier alpha value is -0.560. The Labute approximate surface area is 118 Å². The van der Waals surface area contributed by atoms with E-state index in [2.05, 4.69) is 38.3 Å². The third-order valence-electron chi connectivity index (χ3n) is 1.90. The van der Waals surface area contributed by atoms with Gasteiger partial charge in [0.05, 0.1) is 6.54 Å². The molecule has 4 nitrogen and oxygen atoms in total. The van der Waals surface area contributed by atoms with E-state index in [0.29, 0.717) is 11.1 Å². The number of rotatable bonds is 4. The molecule has 1 heterocycles. The summed E-state index contributed by atoms with van der Waals surface area (Å²) in [5, 5.41) is 8.23. The molecule has 0 saturated carbocycles. The molecule has 17 heavy (non-hydrogen) atoms. The molecule has 0 fully saturated rings. The van der Waals surface area contributed by atoms with Crippen LogP contribution in [0.2, 0.25) is 0 Å². The van der Waals surface area contributed by atoms with Gasteiger partial charge in [-0.1, -0.05) is 39.8 Å². The molecule has 0 spiro atoms. The maximum atomic E-state index is 5.38. The van der Waals surface area contributed by atoms with Crippen molar-refractivity contribution in [1.82, 2.24) is 10.2 Å². The number of benzene rings is 1. The number of nitrogens with zero attached hydrogens (tertiary/aromatic N) is 2. The lowest BCUT2D eigenvalue weighted by atomic mass is 10.2. The molecule has 0 radical (unpaired) electrons. The molecule has 1 aromatic heterocycles. The van der Waals surface area contributed by atoms with Crippen molar-refractivity contribution in [1.29, 1.82) is 0 Å². The van der Waals surface area contributed by atoms with Gasteiger partial charge in [-0.2, -0.15) is 0 Å². The summed E-state index contributed by atoms with van der Waals surface area (Å²) in [5.74, 6) is 1.28. The van der Waals surface area contributed by atoms with E-state index < -0.39 is 0 Å². The van der Waals surface area contributed by atoms with Crippen molar-refractivity contribution in [2.75, 3.05) is 0 Å². The van der Waals surface area contributed by atoms with Gasteiger partial charge in [-0.05, 0) is 17.7 Å². The first-order valence-corrected chi connectivity index (χ1v) is 6.45. The Morgan fingerprint density at radius 2 is 1.94 bits per heavy atom. The van der Waals surface area contributed by atoms with Gasteiger partial charge in [0, 0.05) is 10.2 Å². The van der Waals surface area contributed by atoms with E-state index in [1.807, 2.05) is 12.1 Å². The highest BCUT2D eigenvalue weighted by atomic mass is 79.9. The molecular formula is C10H11BrClN3OS. The van der Waals surface area contributed by atoms with Crippen LogP contribution in [0.1, 0.15) is 11.5 Å². The van der Waals surface area contributed by atoms with E-state index in [0.717, 1.165) is 10.2 Å². The van der Waals surface area contributed by atoms with E-state index in [9.17, 15) is 0 Å². The summed E-state index contributed by atoms with van der Waals surface area (Å²) in [6.07, 6.45) is 0. The van der Waals surface area contributed by atoms with Gasteiger partial charge in [0.2, 0.25) is 5.89 Å². The highest BCUT2D eigenvalue weighted by molar-refractivity contribution is 9.10. The summed E-state index contributed by atoms with van der Waals surface area (Å²) < 4.78 is 6.36. The van der Waals surface area contributed by atoms with Crippen LogP contribution in [-0.2, 0) is 12.3 Å². The van der Waals surface area contributed by atoms with Gasteiger partial charge in [-0.3, -0.25) is 0 Å². The molecule has 1 aromatic carbocycles. The number of aromatic nitrogens is 2. The third kappa shape index (κ3) is 4.31. The number of thioether (sulfide) groups is 1. The molecule has 0 bridgehead atoms. The van der Waals surface area contributed by atoms with E-state index in [1.54, 1.807) is 0 Å². The Bertz CT molecular complexity index is 463. The fraction of sp³-hybridized carbons (Fsp3) is 0.200. The van der Waals surface area contributed by atoms with Crippen LogP contribution in [0, 0.1) is 0 Å². The predicted molar refractivity (Wildman–Crippen MR) is 73.1 cm³/mol. The summed E-state index contributed by atoms with van der Waals surface area (Å²) in [6, 6.07) is 8.12.